The van der Waals surface area contributed by atoms with Crippen LogP contribution in [0.4, 0.5) is 14.5 Å². The summed E-state index contributed by atoms with van der Waals surface area (Å²) in [6.45, 7) is -0.375. The molecule has 1 aromatic heterocycles. The van der Waals surface area contributed by atoms with Gasteiger partial charge in [0, 0.05) is 23.2 Å². The first-order valence-corrected chi connectivity index (χ1v) is 9.39. The SMILES string of the molecule is O=C(COc1ccc2ccc(=O)oc2c1)Nc1ccc(S(=O)(=O)C(F)F)cc1. The molecule has 3 rings (SSSR count). The van der Waals surface area contributed by atoms with Crippen molar-refractivity contribution < 1.29 is 31.1 Å². The lowest BCUT2D eigenvalue weighted by molar-refractivity contribution is -0.118. The molecule has 28 heavy (non-hydrogen) atoms. The van der Waals surface area contributed by atoms with E-state index in [4.69, 9.17) is 9.15 Å². The second-order valence-corrected chi connectivity index (χ2v) is 7.54. The Hall–Kier alpha value is -3.27. The fraction of sp³-hybridized carbons (Fsp3) is 0.111. The zero-order valence-corrected chi connectivity index (χ0v) is 14.9. The van der Waals surface area contributed by atoms with Crippen LogP contribution in [0.3, 0.4) is 0 Å². The molecule has 0 fully saturated rings. The molecule has 0 unspecified atom stereocenters. The summed E-state index contributed by atoms with van der Waals surface area (Å²) in [4.78, 5) is 22.6. The molecule has 0 aliphatic heterocycles. The van der Waals surface area contributed by atoms with E-state index in [1.807, 2.05) is 0 Å². The van der Waals surface area contributed by atoms with Crippen LogP contribution in [0.15, 0.2) is 68.7 Å². The van der Waals surface area contributed by atoms with Crippen LogP contribution in [-0.4, -0.2) is 26.7 Å². The van der Waals surface area contributed by atoms with Crippen molar-refractivity contribution in [1.82, 2.24) is 0 Å². The minimum Gasteiger partial charge on any atom is -0.484 e. The van der Waals surface area contributed by atoms with Crippen LogP contribution < -0.4 is 15.7 Å². The predicted molar refractivity (Wildman–Crippen MR) is 96.2 cm³/mol. The van der Waals surface area contributed by atoms with Crippen LogP contribution in [0.2, 0.25) is 0 Å². The van der Waals surface area contributed by atoms with Crippen LogP contribution in [0.1, 0.15) is 0 Å². The van der Waals surface area contributed by atoms with Gasteiger partial charge in [-0.05, 0) is 42.5 Å². The van der Waals surface area contributed by atoms with Crippen LogP contribution in [-0.2, 0) is 14.6 Å². The molecule has 0 saturated heterocycles. The topological polar surface area (TPSA) is 103 Å². The van der Waals surface area contributed by atoms with E-state index >= 15 is 0 Å². The number of ether oxygens (including phenoxy) is 1. The Labute approximate surface area is 157 Å². The monoisotopic (exact) mass is 409 g/mol. The fourth-order valence-electron chi connectivity index (χ4n) is 2.31. The molecule has 1 heterocycles. The zero-order chi connectivity index (χ0) is 20.3. The second-order valence-electron chi connectivity index (χ2n) is 5.62. The number of fused-ring (bicyclic) bond motifs is 1. The van der Waals surface area contributed by atoms with Gasteiger partial charge >= 0.3 is 11.4 Å². The zero-order valence-electron chi connectivity index (χ0n) is 14.1. The number of nitrogens with one attached hydrogen (secondary N) is 1. The largest absolute Gasteiger partial charge is 0.484 e. The summed E-state index contributed by atoms with van der Waals surface area (Å²) in [6, 6.07) is 11.9. The van der Waals surface area contributed by atoms with Gasteiger partial charge in [-0.3, -0.25) is 4.79 Å². The van der Waals surface area contributed by atoms with Crippen molar-refractivity contribution in [2.24, 2.45) is 0 Å². The summed E-state index contributed by atoms with van der Waals surface area (Å²) in [7, 11) is -4.69. The lowest BCUT2D eigenvalue weighted by Gasteiger charge is -2.09. The summed E-state index contributed by atoms with van der Waals surface area (Å²) >= 11 is 0. The average molecular weight is 409 g/mol. The third kappa shape index (κ3) is 4.34. The summed E-state index contributed by atoms with van der Waals surface area (Å²) in [5, 5.41) is 3.14. The third-order valence-electron chi connectivity index (χ3n) is 3.67. The number of alkyl halides is 2. The van der Waals surface area contributed by atoms with Crippen molar-refractivity contribution in [2.75, 3.05) is 11.9 Å². The number of carbonyl (C=O) groups is 1. The van der Waals surface area contributed by atoms with Gasteiger partial charge in [0.2, 0.25) is 9.84 Å². The quantitative estimate of drug-likeness (QED) is 0.628. The van der Waals surface area contributed by atoms with Crippen molar-refractivity contribution in [3.8, 4) is 5.75 Å². The maximum atomic E-state index is 12.5. The van der Waals surface area contributed by atoms with Gasteiger partial charge in [-0.25, -0.2) is 13.2 Å². The highest BCUT2D eigenvalue weighted by molar-refractivity contribution is 7.91. The average Bonchev–Trinajstić information content (AvgIpc) is 2.66. The molecule has 0 saturated carbocycles. The van der Waals surface area contributed by atoms with E-state index < -0.39 is 32.0 Å². The van der Waals surface area contributed by atoms with Gasteiger partial charge in [0.15, 0.2) is 6.61 Å². The Morgan fingerprint density at radius 2 is 1.75 bits per heavy atom. The lowest BCUT2D eigenvalue weighted by Crippen LogP contribution is -2.20. The number of hydrogen-bond acceptors (Lipinski definition) is 6. The molecule has 7 nitrogen and oxygen atoms in total. The number of sulfone groups is 1. The minimum absolute atomic E-state index is 0.214. The molecule has 0 aliphatic carbocycles. The first-order chi connectivity index (χ1) is 13.3. The lowest BCUT2D eigenvalue weighted by atomic mass is 10.2. The number of hydrogen-bond donors (Lipinski definition) is 1. The van der Waals surface area contributed by atoms with E-state index in [2.05, 4.69) is 5.32 Å². The molecule has 2 aromatic carbocycles. The van der Waals surface area contributed by atoms with Crippen molar-refractivity contribution in [3.05, 3.63) is 65.0 Å². The number of amides is 1. The molecule has 1 N–H and O–H groups in total. The molecule has 0 bridgehead atoms. The van der Waals surface area contributed by atoms with Gasteiger partial charge in [-0.1, -0.05) is 0 Å². The summed E-state index contributed by atoms with van der Waals surface area (Å²) < 4.78 is 58.0. The van der Waals surface area contributed by atoms with E-state index in [9.17, 15) is 26.8 Å². The Morgan fingerprint density at radius 1 is 1.07 bits per heavy atom. The van der Waals surface area contributed by atoms with E-state index in [0.29, 0.717) is 16.7 Å². The van der Waals surface area contributed by atoms with Crippen molar-refractivity contribution in [2.45, 2.75) is 10.7 Å². The number of benzene rings is 2. The highest BCUT2D eigenvalue weighted by Gasteiger charge is 2.26. The maximum Gasteiger partial charge on any atom is 0.341 e. The molecular formula is C18H13F2NO6S. The van der Waals surface area contributed by atoms with E-state index in [-0.39, 0.29) is 12.3 Å². The molecular weight excluding hydrogens is 396 g/mol. The van der Waals surface area contributed by atoms with E-state index in [1.54, 1.807) is 18.2 Å². The van der Waals surface area contributed by atoms with Gasteiger partial charge in [0.05, 0.1) is 4.90 Å². The van der Waals surface area contributed by atoms with Gasteiger partial charge in [-0.15, -0.1) is 0 Å². The van der Waals surface area contributed by atoms with Gasteiger partial charge < -0.3 is 14.5 Å². The summed E-state index contributed by atoms with van der Waals surface area (Å²) in [6.07, 6.45) is 0. The minimum atomic E-state index is -4.69. The number of carbonyl (C=O) groups excluding carboxylic acids is 1. The number of rotatable bonds is 6. The smallest absolute Gasteiger partial charge is 0.341 e. The molecule has 0 spiro atoms. The Bertz CT molecular complexity index is 1170. The molecule has 0 atom stereocenters. The Kier molecular flexibility index (Phi) is 5.41. The van der Waals surface area contributed by atoms with Gasteiger partial charge in [-0.2, -0.15) is 8.78 Å². The highest BCUT2D eigenvalue weighted by Crippen LogP contribution is 2.21. The normalized spacial score (nSPS) is 11.5. The maximum absolute atomic E-state index is 12.5. The van der Waals surface area contributed by atoms with E-state index in [1.165, 1.54) is 24.3 Å². The standard InChI is InChI=1S/C18H13F2NO6S/c19-18(20)28(24,25)14-6-3-12(4-7-14)21-16(22)10-26-13-5-1-11-2-8-17(23)27-15(11)9-13/h1-9,18H,10H2,(H,21,22). The molecule has 146 valence electrons. The van der Waals surface area contributed by atoms with Crippen LogP contribution in [0, 0.1) is 0 Å². The molecule has 0 aliphatic rings. The molecule has 0 radical (unpaired) electrons. The molecule has 1 amide bonds. The highest BCUT2D eigenvalue weighted by atomic mass is 32.2. The first kappa shape index (κ1) is 19.5. The van der Waals surface area contributed by atoms with Gasteiger partial charge in [0.1, 0.15) is 11.3 Å². The van der Waals surface area contributed by atoms with Crippen LogP contribution in [0.25, 0.3) is 11.0 Å². The first-order valence-electron chi connectivity index (χ1n) is 7.84. The fourth-order valence-corrected chi connectivity index (χ4v) is 3.03. The summed E-state index contributed by atoms with van der Waals surface area (Å²) in [5.74, 6) is -3.78. The summed E-state index contributed by atoms with van der Waals surface area (Å²) in [5.41, 5.74) is 0.00672. The Balaban J connectivity index is 1.62. The van der Waals surface area contributed by atoms with Crippen molar-refractivity contribution in [3.63, 3.8) is 0 Å². The second kappa shape index (κ2) is 7.77. The molecule has 3 aromatic rings. The third-order valence-corrected chi connectivity index (χ3v) is 5.06. The Morgan fingerprint density at radius 3 is 2.43 bits per heavy atom. The molecule has 10 heteroatoms. The predicted octanol–water partition coefficient (Wildman–Crippen LogP) is 2.81. The van der Waals surface area contributed by atoms with E-state index in [0.717, 1.165) is 12.1 Å². The number of anilines is 1. The van der Waals surface area contributed by atoms with Crippen LogP contribution in [0.5, 0.6) is 5.75 Å². The number of halogens is 2. The van der Waals surface area contributed by atoms with Gasteiger partial charge in [0.25, 0.3) is 5.91 Å². The van der Waals surface area contributed by atoms with Crippen LogP contribution >= 0.6 is 0 Å². The van der Waals surface area contributed by atoms with Crippen molar-refractivity contribution >= 4 is 32.4 Å². The van der Waals surface area contributed by atoms with Crippen molar-refractivity contribution in [1.29, 1.82) is 0 Å².